The summed E-state index contributed by atoms with van der Waals surface area (Å²) in [7, 11) is 0. The van der Waals surface area contributed by atoms with Crippen LogP contribution in [-0.4, -0.2) is 81.5 Å². The van der Waals surface area contributed by atoms with Crippen LogP contribution in [0.25, 0.3) is 0 Å². The average molecular weight is 542 g/mol. The SMILES string of the molecule is C#CCN1CC(=O)N2[C@@H](CCSC)C(=O)N(Cc3ccc(F)cc3F)C[C@@H]2N1C(=O)NCc1ccccc1. The molecule has 0 unspecified atom stereocenters. The van der Waals surface area contributed by atoms with E-state index < -0.39 is 29.9 Å². The molecule has 2 heterocycles. The Balaban J connectivity index is 1.66. The van der Waals surface area contributed by atoms with Gasteiger partial charge in [0.15, 0.2) is 0 Å². The number of hydrazine groups is 1. The van der Waals surface area contributed by atoms with Gasteiger partial charge in [-0.3, -0.25) is 9.59 Å². The zero-order valence-corrected chi connectivity index (χ0v) is 21.8. The number of rotatable bonds is 8. The number of halogens is 2. The summed E-state index contributed by atoms with van der Waals surface area (Å²) in [4.78, 5) is 43.3. The van der Waals surface area contributed by atoms with Crippen LogP contribution in [0.2, 0.25) is 0 Å². The van der Waals surface area contributed by atoms with Gasteiger partial charge in [-0.25, -0.2) is 18.6 Å². The number of fused-ring (bicyclic) bond motifs is 1. The monoisotopic (exact) mass is 541 g/mol. The molecule has 4 amide bonds. The molecule has 2 saturated heterocycles. The molecule has 2 fully saturated rings. The van der Waals surface area contributed by atoms with Crippen molar-refractivity contribution in [2.75, 3.05) is 31.6 Å². The van der Waals surface area contributed by atoms with Crippen molar-refractivity contribution in [3.63, 3.8) is 0 Å². The van der Waals surface area contributed by atoms with E-state index in [4.69, 9.17) is 6.42 Å². The van der Waals surface area contributed by atoms with Crippen LogP contribution in [-0.2, 0) is 22.7 Å². The molecular formula is C27H29F2N5O3S. The number of hydrogen-bond acceptors (Lipinski definition) is 5. The second kappa shape index (κ2) is 12.3. The lowest BCUT2D eigenvalue weighted by Crippen LogP contribution is -2.76. The van der Waals surface area contributed by atoms with E-state index in [0.29, 0.717) is 12.2 Å². The molecule has 2 aromatic carbocycles. The molecule has 0 spiro atoms. The van der Waals surface area contributed by atoms with Crippen molar-refractivity contribution >= 4 is 29.6 Å². The fourth-order valence-corrected chi connectivity index (χ4v) is 5.25. The van der Waals surface area contributed by atoms with Crippen molar-refractivity contribution in [3.8, 4) is 12.3 Å². The van der Waals surface area contributed by atoms with Gasteiger partial charge in [0, 0.05) is 24.7 Å². The van der Waals surface area contributed by atoms with E-state index in [0.717, 1.165) is 17.7 Å². The van der Waals surface area contributed by atoms with Gasteiger partial charge in [-0.1, -0.05) is 42.3 Å². The summed E-state index contributed by atoms with van der Waals surface area (Å²) in [5.41, 5.74) is 1.03. The summed E-state index contributed by atoms with van der Waals surface area (Å²) >= 11 is 1.53. The summed E-state index contributed by atoms with van der Waals surface area (Å²) in [6, 6.07) is 11.2. The van der Waals surface area contributed by atoms with E-state index in [1.165, 1.54) is 37.6 Å². The van der Waals surface area contributed by atoms with E-state index in [-0.39, 0.29) is 50.1 Å². The molecule has 0 bridgehead atoms. The van der Waals surface area contributed by atoms with Crippen LogP contribution in [0.5, 0.6) is 0 Å². The number of urea groups is 1. The number of amides is 4. The maximum Gasteiger partial charge on any atom is 0.334 e. The van der Waals surface area contributed by atoms with Gasteiger partial charge in [-0.05, 0) is 30.1 Å². The maximum atomic E-state index is 14.5. The fourth-order valence-electron chi connectivity index (χ4n) is 4.80. The first-order valence-corrected chi connectivity index (χ1v) is 13.6. The molecule has 0 aliphatic carbocycles. The zero-order chi connectivity index (χ0) is 27.2. The Labute approximate surface area is 224 Å². The lowest BCUT2D eigenvalue weighted by atomic mass is 10.0. The van der Waals surface area contributed by atoms with Crippen LogP contribution >= 0.6 is 11.8 Å². The van der Waals surface area contributed by atoms with Gasteiger partial charge in [-0.15, -0.1) is 6.42 Å². The van der Waals surface area contributed by atoms with E-state index in [1.54, 1.807) is 0 Å². The summed E-state index contributed by atoms with van der Waals surface area (Å²) in [6.07, 6.45) is 6.96. The molecule has 2 aliphatic heterocycles. The fraction of sp³-hybridized carbons (Fsp3) is 0.370. The van der Waals surface area contributed by atoms with E-state index in [1.807, 2.05) is 36.6 Å². The molecule has 8 nitrogen and oxygen atoms in total. The number of piperazine rings is 1. The predicted octanol–water partition coefficient (Wildman–Crippen LogP) is 2.66. The minimum absolute atomic E-state index is 0.00481. The molecule has 4 rings (SSSR count). The van der Waals surface area contributed by atoms with E-state index >= 15 is 0 Å². The van der Waals surface area contributed by atoms with Crippen molar-refractivity contribution in [2.45, 2.75) is 31.7 Å². The summed E-state index contributed by atoms with van der Waals surface area (Å²) in [5.74, 6) is 0.942. The van der Waals surface area contributed by atoms with Gasteiger partial charge in [0.1, 0.15) is 23.8 Å². The molecule has 2 aromatic rings. The van der Waals surface area contributed by atoms with Crippen molar-refractivity contribution in [1.29, 1.82) is 0 Å². The van der Waals surface area contributed by atoms with Gasteiger partial charge in [0.2, 0.25) is 11.8 Å². The lowest BCUT2D eigenvalue weighted by Gasteiger charge is -2.55. The van der Waals surface area contributed by atoms with E-state index in [2.05, 4.69) is 11.2 Å². The zero-order valence-electron chi connectivity index (χ0n) is 21.0. The second-order valence-electron chi connectivity index (χ2n) is 9.05. The van der Waals surface area contributed by atoms with Crippen molar-refractivity contribution < 1.29 is 23.2 Å². The minimum Gasteiger partial charge on any atom is -0.333 e. The highest BCUT2D eigenvalue weighted by molar-refractivity contribution is 7.98. The number of nitrogens with one attached hydrogen (secondary N) is 1. The predicted molar refractivity (Wildman–Crippen MR) is 140 cm³/mol. The maximum absolute atomic E-state index is 14.5. The number of carbonyl (C=O) groups excluding carboxylic acids is 3. The van der Waals surface area contributed by atoms with Crippen LogP contribution in [0.3, 0.4) is 0 Å². The van der Waals surface area contributed by atoms with Gasteiger partial charge in [0.05, 0.1) is 19.6 Å². The van der Waals surface area contributed by atoms with Crippen molar-refractivity contribution in [3.05, 3.63) is 71.3 Å². The van der Waals surface area contributed by atoms with Gasteiger partial charge >= 0.3 is 6.03 Å². The third-order valence-electron chi connectivity index (χ3n) is 6.57. The molecule has 0 aromatic heterocycles. The van der Waals surface area contributed by atoms with Gasteiger partial charge < -0.3 is 15.1 Å². The molecule has 1 N–H and O–H groups in total. The molecular weight excluding hydrogens is 512 g/mol. The Morgan fingerprint density at radius 3 is 2.63 bits per heavy atom. The Morgan fingerprint density at radius 1 is 1.18 bits per heavy atom. The van der Waals surface area contributed by atoms with Crippen LogP contribution < -0.4 is 5.32 Å². The number of thioether (sulfide) groups is 1. The highest BCUT2D eigenvalue weighted by Crippen LogP contribution is 2.29. The average Bonchev–Trinajstić information content (AvgIpc) is 2.90. The normalized spacial score (nSPS) is 19.8. The Morgan fingerprint density at radius 2 is 1.95 bits per heavy atom. The van der Waals surface area contributed by atoms with Crippen LogP contribution in [0, 0.1) is 24.0 Å². The Hall–Kier alpha value is -3.62. The summed E-state index contributed by atoms with van der Waals surface area (Å²) in [6.45, 7) is -0.0924. The highest BCUT2D eigenvalue weighted by Gasteiger charge is 2.51. The molecule has 2 atom stereocenters. The summed E-state index contributed by atoms with van der Waals surface area (Å²) < 4.78 is 28.0. The van der Waals surface area contributed by atoms with Crippen molar-refractivity contribution in [2.24, 2.45) is 0 Å². The Kier molecular flexibility index (Phi) is 8.86. The first-order valence-electron chi connectivity index (χ1n) is 12.2. The number of hydrogen-bond donors (Lipinski definition) is 1. The van der Waals surface area contributed by atoms with Gasteiger partial charge in [0.25, 0.3) is 0 Å². The Bertz CT molecular complexity index is 1220. The van der Waals surface area contributed by atoms with Gasteiger partial charge in [-0.2, -0.15) is 16.8 Å². The molecule has 200 valence electrons. The second-order valence-corrected chi connectivity index (χ2v) is 10.0. The molecule has 0 radical (unpaired) electrons. The highest BCUT2D eigenvalue weighted by atomic mass is 32.2. The van der Waals surface area contributed by atoms with Crippen LogP contribution in [0.15, 0.2) is 48.5 Å². The molecule has 38 heavy (non-hydrogen) atoms. The minimum atomic E-state index is -0.853. The van der Waals surface area contributed by atoms with Crippen LogP contribution in [0.1, 0.15) is 17.5 Å². The van der Waals surface area contributed by atoms with E-state index in [9.17, 15) is 23.2 Å². The first-order chi connectivity index (χ1) is 18.3. The first kappa shape index (κ1) is 27.4. The molecule has 0 saturated carbocycles. The third-order valence-corrected chi connectivity index (χ3v) is 7.21. The molecule has 11 heteroatoms. The third kappa shape index (κ3) is 5.92. The smallest absolute Gasteiger partial charge is 0.333 e. The lowest BCUT2D eigenvalue weighted by molar-refractivity contribution is -0.189. The number of nitrogens with zero attached hydrogens (tertiary/aromatic N) is 4. The standard InChI is InChI=1S/C27H29F2N5O3S/c1-3-12-32-18-25(35)33-23(11-13-38-2)26(36)31(16-20-9-10-21(28)14-22(20)29)17-24(33)34(32)27(37)30-15-19-7-5-4-6-8-19/h1,4-10,14,23-24H,11-13,15-18H2,2H3,(H,30,37)/t23-,24-/m0/s1. The molecule has 2 aliphatic rings. The largest absolute Gasteiger partial charge is 0.334 e. The quantitative estimate of drug-likeness (QED) is 0.521. The summed E-state index contributed by atoms with van der Waals surface area (Å²) in [5, 5.41) is 5.77. The number of terminal acetylenes is 1. The van der Waals surface area contributed by atoms with Crippen molar-refractivity contribution in [1.82, 2.24) is 25.1 Å². The van der Waals surface area contributed by atoms with Crippen LogP contribution in [0.4, 0.5) is 13.6 Å². The topological polar surface area (TPSA) is 76.2 Å². The number of carbonyl (C=O) groups is 3. The number of benzene rings is 2.